The van der Waals surface area contributed by atoms with Crippen molar-refractivity contribution in [3.63, 3.8) is 0 Å². The molecule has 0 atom stereocenters. The van der Waals surface area contributed by atoms with E-state index in [9.17, 15) is 14.0 Å². The Morgan fingerprint density at radius 2 is 2.00 bits per heavy atom. The van der Waals surface area contributed by atoms with Gasteiger partial charge in [-0.05, 0) is 44.4 Å². The summed E-state index contributed by atoms with van der Waals surface area (Å²) >= 11 is 0. The molecule has 4 rings (SSSR count). The number of hydrogen-bond donors (Lipinski definition) is 2. The number of nitrogens with zero attached hydrogens (tertiary/aromatic N) is 3. The summed E-state index contributed by atoms with van der Waals surface area (Å²) in [5, 5.41) is 2.75. The lowest BCUT2D eigenvalue weighted by atomic mass is 9.94. The molecule has 0 unspecified atom stereocenters. The van der Waals surface area contributed by atoms with E-state index in [-0.39, 0.29) is 30.1 Å². The number of benzene rings is 1. The molecule has 1 aromatic carbocycles. The van der Waals surface area contributed by atoms with Crippen molar-refractivity contribution in [3.8, 4) is 0 Å². The maximum Gasteiger partial charge on any atom is 0.255 e. The van der Waals surface area contributed by atoms with Gasteiger partial charge >= 0.3 is 0 Å². The van der Waals surface area contributed by atoms with Crippen molar-refractivity contribution in [2.75, 3.05) is 48.5 Å². The van der Waals surface area contributed by atoms with E-state index in [1.54, 1.807) is 19.1 Å². The Balaban J connectivity index is 1.35. The van der Waals surface area contributed by atoms with Gasteiger partial charge in [0, 0.05) is 49.5 Å². The van der Waals surface area contributed by atoms with Crippen molar-refractivity contribution in [1.82, 2.24) is 9.97 Å². The van der Waals surface area contributed by atoms with E-state index in [2.05, 4.69) is 15.3 Å². The molecule has 1 aromatic heterocycles. The van der Waals surface area contributed by atoms with Gasteiger partial charge in [-0.15, -0.1) is 0 Å². The molecule has 1 amide bonds. The summed E-state index contributed by atoms with van der Waals surface area (Å²) in [4.78, 5) is 36.5. The number of nitrogens with one attached hydrogen (secondary N) is 2. The van der Waals surface area contributed by atoms with Crippen LogP contribution in [0, 0.1) is 12.7 Å². The Labute approximate surface area is 199 Å². The van der Waals surface area contributed by atoms with Gasteiger partial charge in [0.05, 0.1) is 18.9 Å². The normalized spacial score (nSPS) is 17.0. The highest BCUT2D eigenvalue weighted by Gasteiger charge is 2.21. The standard InChI is InChI=1S/C25H34FN5O3/c1-17-20(24(33)29-25(27-17)31-12-14-34-15-13-31)9-11-23(32)28-18-8-10-22(21(26)16-18)30(2)19-6-4-3-5-7-19/h8,10,16,19H,3-7,9,11-15H2,1-2H3,(H,28,32)(H,27,29,33). The molecule has 1 saturated heterocycles. The second-order valence-corrected chi connectivity index (χ2v) is 9.17. The van der Waals surface area contributed by atoms with Crippen LogP contribution in [0.15, 0.2) is 23.0 Å². The molecule has 0 bridgehead atoms. The maximum atomic E-state index is 14.8. The van der Waals surface area contributed by atoms with Crippen LogP contribution in [0.3, 0.4) is 0 Å². The van der Waals surface area contributed by atoms with E-state index >= 15 is 0 Å². The summed E-state index contributed by atoms with van der Waals surface area (Å²) in [6.45, 7) is 4.33. The Morgan fingerprint density at radius 3 is 2.68 bits per heavy atom. The van der Waals surface area contributed by atoms with Gasteiger partial charge in [-0.3, -0.25) is 14.6 Å². The third kappa shape index (κ3) is 5.75. The SMILES string of the molecule is Cc1nc(N2CCOCC2)[nH]c(=O)c1CCC(=O)Nc1ccc(N(C)C2CCCCC2)c(F)c1. The smallest absolute Gasteiger partial charge is 0.255 e. The van der Waals surface area contributed by atoms with Crippen LogP contribution in [0.4, 0.5) is 21.7 Å². The number of aryl methyl sites for hydroxylation is 1. The number of ether oxygens (including phenoxy) is 1. The molecule has 2 N–H and O–H groups in total. The lowest BCUT2D eigenvalue weighted by Gasteiger charge is -2.33. The van der Waals surface area contributed by atoms with Gasteiger partial charge < -0.3 is 19.9 Å². The van der Waals surface area contributed by atoms with Gasteiger partial charge in [0.2, 0.25) is 11.9 Å². The molecule has 34 heavy (non-hydrogen) atoms. The minimum absolute atomic E-state index is 0.105. The predicted molar refractivity (Wildman–Crippen MR) is 131 cm³/mol. The van der Waals surface area contributed by atoms with E-state index in [0.29, 0.717) is 60.9 Å². The van der Waals surface area contributed by atoms with E-state index in [1.807, 2.05) is 16.8 Å². The summed E-state index contributed by atoms with van der Waals surface area (Å²) in [6, 6.07) is 5.17. The fourth-order valence-corrected chi connectivity index (χ4v) is 4.81. The number of hydrogen-bond acceptors (Lipinski definition) is 6. The van der Waals surface area contributed by atoms with Crippen LogP contribution < -0.4 is 20.7 Å². The molecule has 1 aliphatic carbocycles. The lowest BCUT2D eigenvalue weighted by molar-refractivity contribution is -0.116. The summed E-state index contributed by atoms with van der Waals surface area (Å²) in [5.74, 6) is -0.0855. The highest BCUT2D eigenvalue weighted by Crippen LogP contribution is 2.29. The number of amides is 1. The van der Waals surface area contributed by atoms with Crippen LogP contribution in [0.25, 0.3) is 0 Å². The second-order valence-electron chi connectivity index (χ2n) is 9.17. The minimum atomic E-state index is -0.346. The van der Waals surface area contributed by atoms with Crippen molar-refractivity contribution in [3.05, 3.63) is 45.6 Å². The number of halogens is 1. The molecule has 9 heteroatoms. The average molecular weight is 472 g/mol. The van der Waals surface area contributed by atoms with E-state index in [0.717, 1.165) is 12.8 Å². The number of anilines is 3. The zero-order chi connectivity index (χ0) is 24.1. The van der Waals surface area contributed by atoms with Crippen LogP contribution in [0.1, 0.15) is 49.8 Å². The van der Waals surface area contributed by atoms with E-state index in [1.165, 1.54) is 25.3 Å². The third-order valence-corrected chi connectivity index (χ3v) is 6.86. The number of carbonyl (C=O) groups excluding carboxylic acids is 1. The van der Waals surface area contributed by atoms with Crippen LogP contribution in [0.2, 0.25) is 0 Å². The first-order chi connectivity index (χ1) is 16.4. The van der Waals surface area contributed by atoms with Crippen molar-refractivity contribution < 1.29 is 13.9 Å². The first-order valence-corrected chi connectivity index (χ1v) is 12.2. The number of H-pyrrole nitrogens is 1. The van der Waals surface area contributed by atoms with E-state index < -0.39 is 0 Å². The van der Waals surface area contributed by atoms with Crippen LogP contribution in [-0.2, 0) is 16.0 Å². The Morgan fingerprint density at radius 1 is 1.26 bits per heavy atom. The molecule has 0 spiro atoms. The molecule has 1 saturated carbocycles. The number of morpholine rings is 1. The molecule has 2 heterocycles. The number of aromatic nitrogens is 2. The zero-order valence-corrected chi connectivity index (χ0v) is 20.0. The Kier molecular flexibility index (Phi) is 7.82. The third-order valence-electron chi connectivity index (χ3n) is 6.86. The summed E-state index contributed by atoms with van der Waals surface area (Å²) < 4.78 is 20.1. The van der Waals surface area contributed by atoms with Crippen LogP contribution in [-0.4, -0.2) is 55.3 Å². The van der Waals surface area contributed by atoms with Crippen molar-refractivity contribution >= 4 is 23.2 Å². The topological polar surface area (TPSA) is 90.6 Å². The minimum Gasteiger partial charge on any atom is -0.378 e. The first kappa shape index (κ1) is 24.2. The van der Waals surface area contributed by atoms with Crippen LogP contribution >= 0.6 is 0 Å². The maximum absolute atomic E-state index is 14.8. The fourth-order valence-electron chi connectivity index (χ4n) is 4.81. The monoisotopic (exact) mass is 471 g/mol. The fraction of sp³-hybridized carbons (Fsp3) is 0.560. The molecule has 2 aliphatic rings. The van der Waals surface area contributed by atoms with Crippen molar-refractivity contribution in [2.24, 2.45) is 0 Å². The van der Waals surface area contributed by atoms with Gasteiger partial charge in [-0.25, -0.2) is 9.37 Å². The first-order valence-electron chi connectivity index (χ1n) is 12.2. The van der Waals surface area contributed by atoms with Gasteiger partial charge in [0.25, 0.3) is 5.56 Å². The summed E-state index contributed by atoms with van der Waals surface area (Å²) in [6.07, 6.45) is 6.13. The predicted octanol–water partition coefficient (Wildman–Crippen LogP) is 3.39. The van der Waals surface area contributed by atoms with Gasteiger partial charge in [-0.1, -0.05) is 19.3 Å². The van der Waals surface area contributed by atoms with Crippen LogP contribution in [0.5, 0.6) is 0 Å². The Bertz CT molecular complexity index is 1060. The highest BCUT2D eigenvalue weighted by molar-refractivity contribution is 5.91. The zero-order valence-electron chi connectivity index (χ0n) is 20.0. The van der Waals surface area contributed by atoms with E-state index in [4.69, 9.17) is 4.74 Å². The molecule has 8 nitrogen and oxygen atoms in total. The second kappa shape index (κ2) is 11.0. The molecular weight excluding hydrogens is 437 g/mol. The molecule has 1 aliphatic heterocycles. The molecule has 2 aromatic rings. The molecule has 184 valence electrons. The average Bonchev–Trinajstić information content (AvgIpc) is 2.84. The number of carbonyl (C=O) groups is 1. The van der Waals surface area contributed by atoms with Gasteiger partial charge in [0.1, 0.15) is 5.82 Å². The quantitative estimate of drug-likeness (QED) is 0.643. The lowest BCUT2D eigenvalue weighted by Crippen LogP contribution is -2.38. The summed E-state index contributed by atoms with van der Waals surface area (Å²) in [5.41, 5.74) is 1.83. The van der Waals surface area contributed by atoms with Crippen molar-refractivity contribution in [1.29, 1.82) is 0 Å². The molecule has 2 fully saturated rings. The van der Waals surface area contributed by atoms with Gasteiger partial charge in [-0.2, -0.15) is 0 Å². The summed E-state index contributed by atoms with van der Waals surface area (Å²) in [7, 11) is 1.94. The molecule has 0 radical (unpaired) electrons. The van der Waals surface area contributed by atoms with Crippen molar-refractivity contribution in [2.45, 2.75) is 57.9 Å². The van der Waals surface area contributed by atoms with Gasteiger partial charge in [0.15, 0.2) is 0 Å². The highest BCUT2D eigenvalue weighted by atomic mass is 19.1. The molecular formula is C25H34FN5O3. The number of aromatic amines is 1. The Hall–Kier alpha value is -2.94. The largest absolute Gasteiger partial charge is 0.378 e. The number of rotatable bonds is 7.